The number of halogens is 1. The Balaban J connectivity index is 2.16. The smallest absolute Gasteiger partial charge is 0.307 e. The van der Waals surface area contributed by atoms with E-state index >= 15 is 0 Å². The molecule has 1 fully saturated rings. The predicted octanol–water partition coefficient (Wildman–Crippen LogP) is 3.42. The minimum atomic E-state index is -0.722. The van der Waals surface area contributed by atoms with Crippen molar-refractivity contribution < 1.29 is 14.3 Å². The van der Waals surface area contributed by atoms with E-state index in [2.05, 4.69) is 11.8 Å². The van der Waals surface area contributed by atoms with Crippen molar-refractivity contribution in [2.75, 3.05) is 19.6 Å². The molecule has 0 amide bonds. The van der Waals surface area contributed by atoms with E-state index in [0.29, 0.717) is 18.5 Å². The molecule has 21 heavy (non-hydrogen) atoms. The highest BCUT2D eigenvalue weighted by molar-refractivity contribution is 5.70. The average Bonchev–Trinajstić information content (AvgIpc) is 2.47. The summed E-state index contributed by atoms with van der Waals surface area (Å²) in [5, 5.41) is 9.36. The van der Waals surface area contributed by atoms with E-state index in [9.17, 15) is 14.3 Å². The summed E-state index contributed by atoms with van der Waals surface area (Å²) in [5.74, 6) is -1.07. The van der Waals surface area contributed by atoms with E-state index in [1.165, 1.54) is 6.07 Å². The fraction of sp³-hybridized carbons (Fsp3) is 0.588. The Bertz CT molecular complexity index is 504. The van der Waals surface area contributed by atoms with E-state index in [4.69, 9.17) is 0 Å². The second-order valence-corrected chi connectivity index (χ2v) is 6.09. The summed E-state index contributed by atoms with van der Waals surface area (Å²) in [7, 11) is 0. The van der Waals surface area contributed by atoms with Crippen LogP contribution in [0.3, 0.4) is 0 Å². The topological polar surface area (TPSA) is 40.5 Å². The SMILES string of the molecule is CCCCN1CC(C(=O)O)CC(c2ccc(F)c(C)c2)C1. The second-order valence-electron chi connectivity index (χ2n) is 6.09. The molecule has 4 heteroatoms. The molecule has 0 saturated carbocycles. The Morgan fingerprint density at radius 1 is 1.43 bits per heavy atom. The van der Waals surface area contributed by atoms with Crippen LogP contribution in [0.1, 0.15) is 43.2 Å². The van der Waals surface area contributed by atoms with Crippen LogP contribution in [-0.2, 0) is 4.79 Å². The number of likely N-dealkylation sites (tertiary alicyclic amines) is 1. The van der Waals surface area contributed by atoms with Gasteiger partial charge in [-0.25, -0.2) is 4.39 Å². The van der Waals surface area contributed by atoms with Crippen LogP contribution < -0.4 is 0 Å². The highest BCUT2D eigenvalue weighted by atomic mass is 19.1. The van der Waals surface area contributed by atoms with E-state index in [1.54, 1.807) is 13.0 Å². The Morgan fingerprint density at radius 3 is 2.81 bits per heavy atom. The average molecular weight is 293 g/mol. The molecule has 2 rings (SSSR count). The zero-order valence-electron chi connectivity index (χ0n) is 12.8. The maximum Gasteiger partial charge on any atom is 0.307 e. The van der Waals surface area contributed by atoms with Gasteiger partial charge < -0.3 is 10.0 Å². The van der Waals surface area contributed by atoms with Crippen LogP contribution in [0.15, 0.2) is 18.2 Å². The molecule has 1 heterocycles. The molecule has 1 N–H and O–H groups in total. The number of unbranched alkanes of at least 4 members (excludes halogenated alkanes) is 1. The standard InChI is InChI=1S/C17H24FNO2/c1-3-4-7-19-10-14(9-15(11-19)17(20)21)13-5-6-16(18)12(2)8-13/h5-6,8,14-15H,3-4,7,9-11H2,1-2H3,(H,20,21). The van der Waals surface area contributed by atoms with Crippen molar-refractivity contribution in [2.24, 2.45) is 5.92 Å². The molecule has 1 saturated heterocycles. The molecule has 2 unspecified atom stereocenters. The van der Waals surface area contributed by atoms with Gasteiger partial charge in [0.05, 0.1) is 5.92 Å². The Labute approximate surface area is 125 Å². The third-order valence-corrected chi connectivity index (χ3v) is 4.36. The molecule has 1 aliphatic rings. The van der Waals surface area contributed by atoms with Gasteiger partial charge in [-0.05, 0) is 49.4 Å². The summed E-state index contributed by atoms with van der Waals surface area (Å²) in [6.45, 7) is 6.34. The van der Waals surface area contributed by atoms with Gasteiger partial charge in [0.1, 0.15) is 5.82 Å². The molecule has 2 atom stereocenters. The Kier molecular flexibility index (Phi) is 5.34. The number of carboxylic acids is 1. The van der Waals surface area contributed by atoms with Gasteiger partial charge in [0.15, 0.2) is 0 Å². The molecule has 1 aromatic carbocycles. The molecule has 0 bridgehead atoms. The lowest BCUT2D eigenvalue weighted by Crippen LogP contribution is -2.42. The van der Waals surface area contributed by atoms with Crippen LogP contribution in [0, 0.1) is 18.7 Å². The van der Waals surface area contributed by atoms with Crippen LogP contribution in [0.4, 0.5) is 4.39 Å². The summed E-state index contributed by atoms with van der Waals surface area (Å²) in [6.07, 6.45) is 2.83. The van der Waals surface area contributed by atoms with Crippen molar-refractivity contribution in [2.45, 2.75) is 39.0 Å². The van der Waals surface area contributed by atoms with Gasteiger partial charge in [0.2, 0.25) is 0 Å². The van der Waals surface area contributed by atoms with Crippen molar-refractivity contribution >= 4 is 5.97 Å². The van der Waals surface area contributed by atoms with Crippen LogP contribution in [0.5, 0.6) is 0 Å². The number of hydrogen-bond acceptors (Lipinski definition) is 2. The first-order valence-corrected chi connectivity index (χ1v) is 7.72. The van der Waals surface area contributed by atoms with Crippen LogP contribution in [0.25, 0.3) is 0 Å². The maximum absolute atomic E-state index is 13.4. The molecule has 116 valence electrons. The minimum Gasteiger partial charge on any atom is -0.481 e. The number of hydrogen-bond donors (Lipinski definition) is 1. The highest BCUT2D eigenvalue weighted by Crippen LogP contribution is 2.31. The fourth-order valence-corrected chi connectivity index (χ4v) is 3.10. The van der Waals surface area contributed by atoms with Crippen molar-refractivity contribution in [3.63, 3.8) is 0 Å². The normalized spacial score (nSPS) is 23.2. The quantitative estimate of drug-likeness (QED) is 0.904. The van der Waals surface area contributed by atoms with E-state index in [0.717, 1.165) is 31.5 Å². The lowest BCUT2D eigenvalue weighted by Gasteiger charge is -2.36. The highest BCUT2D eigenvalue weighted by Gasteiger charge is 2.32. The predicted molar refractivity (Wildman–Crippen MR) is 81.0 cm³/mol. The molecular formula is C17H24FNO2. The number of aliphatic carboxylic acids is 1. The summed E-state index contributed by atoms with van der Waals surface area (Å²) < 4.78 is 13.4. The van der Waals surface area contributed by atoms with E-state index in [1.807, 2.05) is 6.07 Å². The van der Waals surface area contributed by atoms with Crippen molar-refractivity contribution in [1.82, 2.24) is 4.90 Å². The molecular weight excluding hydrogens is 269 g/mol. The van der Waals surface area contributed by atoms with Crippen LogP contribution >= 0.6 is 0 Å². The van der Waals surface area contributed by atoms with Gasteiger partial charge in [0.25, 0.3) is 0 Å². The number of piperidine rings is 1. The Morgan fingerprint density at radius 2 is 2.19 bits per heavy atom. The first-order chi connectivity index (χ1) is 10.0. The van der Waals surface area contributed by atoms with Crippen molar-refractivity contribution in [3.8, 4) is 0 Å². The number of benzene rings is 1. The Hall–Kier alpha value is -1.42. The van der Waals surface area contributed by atoms with Crippen molar-refractivity contribution in [1.29, 1.82) is 0 Å². The lowest BCUT2D eigenvalue weighted by molar-refractivity contribution is -0.143. The van der Waals surface area contributed by atoms with Gasteiger partial charge in [-0.1, -0.05) is 25.5 Å². The van der Waals surface area contributed by atoms with E-state index in [-0.39, 0.29) is 17.7 Å². The molecule has 0 spiro atoms. The zero-order chi connectivity index (χ0) is 15.4. The van der Waals surface area contributed by atoms with Gasteiger partial charge in [-0.3, -0.25) is 4.79 Å². The molecule has 3 nitrogen and oxygen atoms in total. The second kappa shape index (κ2) is 7.03. The third-order valence-electron chi connectivity index (χ3n) is 4.36. The number of nitrogens with zero attached hydrogens (tertiary/aromatic N) is 1. The number of rotatable bonds is 5. The van der Waals surface area contributed by atoms with Crippen LogP contribution in [-0.4, -0.2) is 35.6 Å². The molecule has 1 aliphatic heterocycles. The fourth-order valence-electron chi connectivity index (χ4n) is 3.10. The number of aryl methyl sites for hydroxylation is 1. The summed E-state index contributed by atoms with van der Waals surface area (Å²) in [6, 6.07) is 5.16. The third kappa shape index (κ3) is 4.03. The number of carbonyl (C=O) groups is 1. The summed E-state index contributed by atoms with van der Waals surface area (Å²) in [4.78, 5) is 13.6. The van der Waals surface area contributed by atoms with Gasteiger partial charge in [-0.15, -0.1) is 0 Å². The molecule has 1 aromatic rings. The summed E-state index contributed by atoms with van der Waals surface area (Å²) >= 11 is 0. The van der Waals surface area contributed by atoms with E-state index < -0.39 is 5.97 Å². The van der Waals surface area contributed by atoms with Crippen LogP contribution in [0.2, 0.25) is 0 Å². The molecule has 0 aliphatic carbocycles. The first kappa shape index (κ1) is 16.0. The summed E-state index contributed by atoms with van der Waals surface area (Å²) in [5.41, 5.74) is 1.69. The largest absolute Gasteiger partial charge is 0.481 e. The zero-order valence-corrected chi connectivity index (χ0v) is 12.8. The first-order valence-electron chi connectivity index (χ1n) is 7.72. The lowest BCUT2D eigenvalue weighted by atomic mass is 9.84. The molecule has 0 aromatic heterocycles. The molecule has 0 radical (unpaired) electrons. The van der Waals surface area contributed by atoms with Gasteiger partial charge in [0, 0.05) is 13.1 Å². The van der Waals surface area contributed by atoms with Gasteiger partial charge in [-0.2, -0.15) is 0 Å². The monoisotopic (exact) mass is 293 g/mol. The van der Waals surface area contributed by atoms with Crippen molar-refractivity contribution in [3.05, 3.63) is 35.1 Å². The number of carboxylic acid groups (broad SMARTS) is 1. The maximum atomic E-state index is 13.4. The van der Waals surface area contributed by atoms with Gasteiger partial charge >= 0.3 is 5.97 Å². The minimum absolute atomic E-state index is 0.177.